The maximum Gasteiger partial charge on any atom is 0.157 e. The van der Waals surface area contributed by atoms with Crippen molar-refractivity contribution in [2.75, 3.05) is 0 Å². The molecule has 0 aromatic carbocycles. The molecule has 0 bridgehead atoms. The molecule has 25 heavy (non-hydrogen) atoms. The minimum Gasteiger partial charge on any atom is -0.463 e. The lowest BCUT2D eigenvalue weighted by molar-refractivity contribution is 0.340. The van der Waals surface area contributed by atoms with Crippen molar-refractivity contribution in [3.8, 4) is 11.5 Å². The van der Waals surface area contributed by atoms with Crippen molar-refractivity contribution in [2.24, 2.45) is 4.99 Å². The molecule has 0 spiro atoms. The molecule has 0 saturated heterocycles. The molecule has 2 aliphatic heterocycles. The molecule has 1 atom stereocenters. The first kappa shape index (κ1) is 15.5. The third-order valence-corrected chi connectivity index (χ3v) is 4.18. The summed E-state index contributed by atoms with van der Waals surface area (Å²) in [6.07, 6.45) is 10.9. The first-order valence-electron chi connectivity index (χ1n) is 8.39. The number of rotatable bonds is 5. The zero-order valence-corrected chi connectivity index (χ0v) is 14.3. The fourth-order valence-corrected chi connectivity index (χ4v) is 2.93. The summed E-state index contributed by atoms with van der Waals surface area (Å²) in [5.74, 6) is 1.47. The highest BCUT2D eigenvalue weighted by atomic mass is 16.5. The monoisotopic (exact) mass is 336 g/mol. The van der Waals surface area contributed by atoms with Crippen LogP contribution in [0.5, 0.6) is 0 Å². The van der Waals surface area contributed by atoms with Crippen molar-refractivity contribution in [1.82, 2.24) is 15.4 Å². The van der Waals surface area contributed by atoms with Crippen molar-refractivity contribution in [1.29, 1.82) is 0 Å². The molecular formula is C19H20N4O2. The van der Waals surface area contributed by atoms with E-state index in [9.17, 15) is 0 Å². The van der Waals surface area contributed by atoms with E-state index in [1.54, 1.807) is 6.26 Å². The average molecular weight is 336 g/mol. The third kappa shape index (κ3) is 3.15. The molecule has 0 aliphatic carbocycles. The number of aromatic nitrogens is 1. The Morgan fingerprint density at radius 3 is 3.16 bits per heavy atom. The van der Waals surface area contributed by atoms with E-state index >= 15 is 0 Å². The highest BCUT2D eigenvalue weighted by Gasteiger charge is 2.24. The summed E-state index contributed by atoms with van der Waals surface area (Å²) in [6.45, 7) is 4.83. The van der Waals surface area contributed by atoms with Crippen LogP contribution in [-0.4, -0.2) is 21.9 Å². The number of nitrogens with zero attached hydrogens (tertiary/aromatic N) is 3. The molecule has 0 amide bonds. The van der Waals surface area contributed by atoms with E-state index in [2.05, 4.69) is 35.3 Å². The van der Waals surface area contributed by atoms with Gasteiger partial charge in [0.15, 0.2) is 11.5 Å². The second kappa shape index (κ2) is 6.47. The van der Waals surface area contributed by atoms with Gasteiger partial charge in [0.1, 0.15) is 11.9 Å². The molecule has 2 aromatic rings. The summed E-state index contributed by atoms with van der Waals surface area (Å²) in [6, 6.07) is 5.59. The van der Waals surface area contributed by atoms with Crippen LogP contribution >= 0.6 is 0 Å². The Labute approximate surface area is 146 Å². The number of aliphatic imine (C=N–C) groups is 1. The van der Waals surface area contributed by atoms with Crippen molar-refractivity contribution in [3.63, 3.8) is 0 Å². The Balaban J connectivity index is 1.45. The molecule has 1 unspecified atom stereocenters. The highest BCUT2D eigenvalue weighted by molar-refractivity contribution is 6.10. The van der Waals surface area contributed by atoms with E-state index in [4.69, 9.17) is 13.9 Å². The number of hydrogen-bond acceptors (Lipinski definition) is 6. The maximum atomic E-state index is 5.42. The SMILES string of the molecule is CC/C=C(\C)C1N=C2C=CN(Cc3cc(-c4ccco4)no3)C=C2N1. The van der Waals surface area contributed by atoms with Gasteiger partial charge in [-0.25, -0.2) is 0 Å². The lowest BCUT2D eigenvalue weighted by Crippen LogP contribution is -2.26. The predicted octanol–water partition coefficient (Wildman–Crippen LogP) is 3.83. The normalized spacial score (nSPS) is 19.5. The standard InChI is InChI=1S/C19H20N4O2/c1-3-5-13(2)19-20-15-7-8-23(12-17(15)21-19)11-14-10-16(22-25-14)18-6-4-9-24-18/h4-10,12,19,21H,3,11H2,1-2H3/b13-5+. The highest BCUT2D eigenvalue weighted by Crippen LogP contribution is 2.23. The molecule has 2 aromatic heterocycles. The van der Waals surface area contributed by atoms with E-state index in [0.717, 1.165) is 23.6 Å². The second-order valence-electron chi connectivity index (χ2n) is 6.10. The van der Waals surface area contributed by atoms with Gasteiger partial charge in [0.2, 0.25) is 0 Å². The van der Waals surface area contributed by atoms with E-state index in [-0.39, 0.29) is 6.17 Å². The number of nitrogens with one attached hydrogen (secondary N) is 1. The molecule has 2 aliphatic rings. The van der Waals surface area contributed by atoms with Crippen molar-refractivity contribution in [2.45, 2.75) is 33.0 Å². The molecule has 6 nitrogen and oxygen atoms in total. The minimum absolute atomic E-state index is 0.0293. The zero-order valence-electron chi connectivity index (χ0n) is 14.3. The summed E-state index contributed by atoms with van der Waals surface area (Å²) < 4.78 is 10.8. The van der Waals surface area contributed by atoms with Crippen LogP contribution in [-0.2, 0) is 6.54 Å². The van der Waals surface area contributed by atoms with Crippen LogP contribution < -0.4 is 5.32 Å². The number of furan rings is 1. The van der Waals surface area contributed by atoms with Gasteiger partial charge < -0.3 is 19.2 Å². The second-order valence-corrected chi connectivity index (χ2v) is 6.10. The summed E-state index contributed by atoms with van der Waals surface area (Å²) in [5, 5.41) is 7.52. The Bertz CT molecular complexity index is 871. The Morgan fingerprint density at radius 1 is 1.44 bits per heavy atom. The molecule has 4 heterocycles. The molecule has 0 fully saturated rings. The first-order valence-corrected chi connectivity index (χ1v) is 8.39. The van der Waals surface area contributed by atoms with Gasteiger partial charge in [-0.2, -0.15) is 0 Å². The molecule has 0 saturated carbocycles. The fraction of sp³-hybridized carbons (Fsp3) is 0.263. The van der Waals surface area contributed by atoms with Crippen LogP contribution in [0.25, 0.3) is 11.5 Å². The molecule has 128 valence electrons. The van der Waals surface area contributed by atoms with Gasteiger partial charge >= 0.3 is 0 Å². The van der Waals surface area contributed by atoms with E-state index < -0.39 is 0 Å². The van der Waals surface area contributed by atoms with Crippen LogP contribution in [0.2, 0.25) is 0 Å². The Hall–Kier alpha value is -3.02. The van der Waals surface area contributed by atoms with Crippen LogP contribution in [0.3, 0.4) is 0 Å². The predicted molar refractivity (Wildman–Crippen MR) is 95.4 cm³/mol. The number of fused-ring (bicyclic) bond motifs is 1. The van der Waals surface area contributed by atoms with Gasteiger partial charge in [-0.15, -0.1) is 0 Å². The van der Waals surface area contributed by atoms with Crippen LogP contribution in [0, 0.1) is 0 Å². The third-order valence-electron chi connectivity index (χ3n) is 4.18. The van der Waals surface area contributed by atoms with Crippen LogP contribution in [0.15, 0.2) is 74.2 Å². The largest absolute Gasteiger partial charge is 0.463 e. The lowest BCUT2D eigenvalue weighted by atomic mass is 10.2. The van der Waals surface area contributed by atoms with Crippen LogP contribution in [0.4, 0.5) is 0 Å². The number of hydrogen-bond donors (Lipinski definition) is 1. The molecule has 0 radical (unpaired) electrons. The summed E-state index contributed by atoms with van der Waals surface area (Å²) in [7, 11) is 0. The van der Waals surface area contributed by atoms with Crippen LogP contribution in [0.1, 0.15) is 26.0 Å². The Morgan fingerprint density at radius 2 is 2.36 bits per heavy atom. The van der Waals surface area contributed by atoms with E-state index in [1.165, 1.54) is 5.57 Å². The number of allylic oxidation sites excluding steroid dienone is 2. The van der Waals surface area contributed by atoms with Crippen molar-refractivity contribution >= 4 is 5.71 Å². The smallest absolute Gasteiger partial charge is 0.157 e. The maximum absolute atomic E-state index is 5.42. The van der Waals surface area contributed by atoms with Gasteiger partial charge in [-0.05, 0) is 37.1 Å². The van der Waals surface area contributed by atoms with Crippen molar-refractivity contribution < 1.29 is 8.94 Å². The topological polar surface area (TPSA) is 66.8 Å². The molecular weight excluding hydrogens is 316 g/mol. The quantitative estimate of drug-likeness (QED) is 0.841. The molecule has 6 heteroatoms. The molecule has 4 rings (SSSR count). The minimum atomic E-state index is 0.0293. The van der Waals surface area contributed by atoms with E-state index in [0.29, 0.717) is 18.0 Å². The van der Waals surface area contributed by atoms with Gasteiger partial charge in [-0.1, -0.05) is 18.2 Å². The lowest BCUT2D eigenvalue weighted by Gasteiger charge is -2.19. The van der Waals surface area contributed by atoms with Gasteiger partial charge in [0.25, 0.3) is 0 Å². The van der Waals surface area contributed by atoms with Gasteiger partial charge in [0, 0.05) is 18.5 Å². The van der Waals surface area contributed by atoms with Gasteiger partial charge in [-0.3, -0.25) is 4.99 Å². The zero-order chi connectivity index (χ0) is 17.2. The molecule has 1 N–H and O–H groups in total. The van der Waals surface area contributed by atoms with Gasteiger partial charge in [0.05, 0.1) is 24.2 Å². The Kier molecular flexibility index (Phi) is 4.01. The van der Waals surface area contributed by atoms with E-state index in [1.807, 2.05) is 36.7 Å². The average Bonchev–Trinajstić information content (AvgIpc) is 3.34. The van der Waals surface area contributed by atoms with Crippen molar-refractivity contribution in [3.05, 3.63) is 66.0 Å². The summed E-state index contributed by atoms with van der Waals surface area (Å²) in [5.41, 5.74) is 3.96. The first-order chi connectivity index (χ1) is 12.2. The summed E-state index contributed by atoms with van der Waals surface area (Å²) >= 11 is 0. The summed E-state index contributed by atoms with van der Waals surface area (Å²) in [4.78, 5) is 6.77. The fourth-order valence-electron chi connectivity index (χ4n) is 2.93.